The molecule has 0 spiro atoms. The van der Waals surface area contributed by atoms with Crippen LogP contribution in [-0.4, -0.2) is 33.4 Å². The first kappa shape index (κ1) is 12.3. The van der Waals surface area contributed by atoms with E-state index in [9.17, 15) is 20.1 Å². The fourth-order valence-electron chi connectivity index (χ4n) is 1.15. The zero-order valence-electron chi connectivity index (χ0n) is 9.19. The molecule has 0 fully saturated rings. The van der Waals surface area contributed by atoms with Crippen molar-refractivity contribution in [3.63, 3.8) is 0 Å². The topological polar surface area (TPSA) is 89.8 Å². The minimum atomic E-state index is -1.05. The van der Waals surface area contributed by atoms with E-state index in [4.69, 9.17) is 0 Å². The van der Waals surface area contributed by atoms with E-state index in [-0.39, 0.29) is 23.6 Å². The molecule has 0 aliphatic carbocycles. The number of rotatable bonds is 3. The van der Waals surface area contributed by atoms with Gasteiger partial charge in [0.25, 0.3) is 5.91 Å². The molecule has 0 aliphatic rings. The van der Waals surface area contributed by atoms with Crippen LogP contribution in [0.2, 0.25) is 0 Å². The molecule has 0 aliphatic heterocycles. The summed E-state index contributed by atoms with van der Waals surface area (Å²) in [7, 11) is 0. The first-order valence-corrected chi connectivity index (χ1v) is 4.83. The predicted molar refractivity (Wildman–Crippen MR) is 58.4 cm³/mol. The highest BCUT2D eigenvalue weighted by Crippen LogP contribution is 2.25. The van der Waals surface area contributed by atoms with E-state index in [0.29, 0.717) is 0 Å². The van der Waals surface area contributed by atoms with Crippen molar-refractivity contribution < 1.29 is 20.1 Å². The molecule has 1 aromatic rings. The lowest BCUT2D eigenvalue weighted by Crippen LogP contribution is -2.38. The summed E-state index contributed by atoms with van der Waals surface area (Å²) in [4.78, 5) is 11.6. The highest BCUT2D eigenvalue weighted by Gasteiger charge is 2.19. The number of amides is 1. The Morgan fingerprint density at radius 1 is 1.31 bits per heavy atom. The third kappa shape index (κ3) is 3.13. The van der Waals surface area contributed by atoms with Gasteiger partial charge >= 0.3 is 0 Å². The Balaban J connectivity index is 2.81. The second-order valence-corrected chi connectivity index (χ2v) is 4.17. The zero-order valence-corrected chi connectivity index (χ0v) is 9.19. The quantitative estimate of drug-likeness (QED) is 0.606. The molecule has 5 nitrogen and oxygen atoms in total. The van der Waals surface area contributed by atoms with Gasteiger partial charge < -0.3 is 20.6 Å². The Hall–Kier alpha value is -1.75. The van der Waals surface area contributed by atoms with Crippen molar-refractivity contribution in [2.24, 2.45) is 0 Å². The van der Waals surface area contributed by atoms with Crippen LogP contribution in [0.3, 0.4) is 0 Å². The Morgan fingerprint density at radius 2 is 1.81 bits per heavy atom. The normalized spacial score (nSPS) is 11.2. The number of aromatic hydroxyl groups is 2. The largest absolute Gasteiger partial charge is 0.507 e. The lowest BCUT2D eigenvalue weighted by atomic mass is 10.1. The van der Waals surface area contributed by atoms with Crippen LogP contribution in [0, 0.1) is 0 Å². The SMILES string of the molecule is CC(C)(O)CNC(=O)c1c(O)cccc1O. The van der Waals surface area contributed by atoms with Gasteiger partial charge in [-0.3, -0.25) is 4.79 Å². The van der Waals surface area contributed by atoms with E-state index in [1.165, 1.54) is 32.0 Å². The van der Waals surface area contributed by atoms with Gasteiger partial charge in [-0.2, -0.15) is 0 Å². The summed E-state index contributed by atoms with van der Waals surface area (Å²) >= 11 is 0. The molecule has 1 amide bonds. The second kappa shape index (κ2) is 4.40. The monoisotopic (exact) mass is 225 g/mol. The van der Waals surface area contributed by atoms with E-state index in [1.54, 1.807) is 0 Å². The van der Waals surface area contributed by atoms with Crippen LogP contribution >= 0.6 is 0 Å². The molecular weight excluding hydrogens is 210 g/mol. The number of phenolic OH excluding ortho intramolecular Hbond substituents is 2. The number of nitrogens with one attached hydrogen (secondary N) is 1. The molecule has 88 valence electrons. The number of hydrogen-bond acceptors (Lipinski definition) is 4. The van der Waals surface area contributed by atoms with E-state index in [2.05, 4.69) is 5.32 Å². The molecule has 1 rings (SSSR count). The van der Waals surface area contributed by atoms with Gasteiger partial charge in [0.1, 0.15) is 17.1 Å². The number of carbonyl (C=O) groups is 1. The summed E-state index contributed by atoms with van der Waals surface area (Å²) in [6.07, 6.45) is 0. The first-order chi connectivity index (χ1) is 7.31. The van der Waals surface area contributed by atoms with Gasteiger partial charge in [0.15, 0.2) is 0 Å². The van der Waals surface area contributed by atoms with Crippen molar-refractivity contribution in [2.45, 2.75) is 19.4 Å². The van der Waals surface area contributed by atoms with E-state index in [1.807, 2.05) is 0 Å². The van der Waals surface area contributed by atoms with Crippen molar-refractivity contribution in [1.29, 1.82) is 0 Å². The van der Waals surface area contributed by atoms with Crippen LogP contribution in [0.4, 0.5) is 0 Å². The number of hydrogen-bond donors (Lipinski definition) is 4. The number of benzene rings is 1. The third-order valence-electron chi connectivity index (χ3n) is 1.93. The van der Waals surface area contributed by atoms with E-state index < -0.39 is 11.5 Å². The van der Waals surface area contributed by atoms with Gasteiger partial charge in [-0.25, -0.2) is 0 Å². The molecule has 1 aromatic carbocycles. The molecule has 0 atom stereocenters. The summed E-state index contributed by atoms with van der Waals surface area (Å²) in [5.74, 6) is -1.22. The third-order valence-corrected chi connectivity index (χ3v) is 1.93. The van der Waals surface area contributed by atoms with Crippen LogP contribution in [0.25, 0.3) is 0 Å². The second-order valence-electron chi connectivity index (χ2n) is 4.17. The average Bonchev–Trinajstić information content (AvgIpc) is 2.13. The minimum Gasteiger partial charge on any atom is -0.507 e. The average molecular weight is 225 g/mol. The standard InChI is InChI=1S/C11H15NO4/c1-11(2,16)6-12-10(15)9-7(13)4-3-5-8(9)14/h3-5,13-14,16H,6H2,1-2H3,(H,12,15). The van der Waals surface area contributed by atoms with Gasteiger partial charge in [0, 0.05) is 6.54 Å². The smallest absolute Gasteiger partial charge is 0.258 e. The number of aliphatic hydroxyl groups is 1. The van der Waals surface area contributed by atoms with Crippen molar-refractivity contribution in [3.8, 4) is 11.5 Å². The van der Waals surface area contributed by atoms with Gasteiger partial charge in [0.2, 0.25) is 0 Å². The highest BCUT2D eigenvalue weighted by molar-refractivity contribution is 5.99. The fourth-order valence-corrected chi connectivity index (χ4v) is 1.15. The Morgan fingerprint density at radius 3 is 2.25 bits per heavy atom. The van der Waals surface area contributed by atoms with Gasteiger partial charge in [0.05, 0.1) is 5.60 Å². The lowest BCUT2D eigenvalue weighted by molar-refractivity contribution is 0.0691. The predicted octanol–water partition coefficient (Wildman–Crippen LogP) is 0.599. The maximum atomic E-state index is 11.6. The Kier molecular flexibility index (Phi) is 3.39. The van der Waals surface area contributed by atoms with Gasteiger partial charge in [-0.15, -0.1) is 0 Å². The highest BCUT2D eigenvalue weighted by atomic mass is 16.3. The summed E-state index contributed by atoms with van der Waals surface area (Å²) in [5, 5.41) is 30.6. The summed E-state index contributed by atoms with van der Waals surface area (Å²) in [5.41, 5.74) is -1.23. The van der Waals surface area contributed by atoms with Crippen LogP contribution < -0.4 is 5.32 Å². The van der Waals surface area contributed by atoms with Crippen LogP contribution in [0.1, 0.15) is 24.2 Å². The van der Waals surface area contributed by atoms with Crippen LogP contribution in [0.5, 0.6) is 11.5 Å². The molecule has 16 heavy (non-hydrogen) atoms. The molecule has 5 heteroatoms. The maximum Gasteiger partial charge on any atom is 0.258 e. The maximum absolute atomic E-state index is 11.6. The van der Waals surface area contributed by atoms with Crippen molar-refractivity contribution in [1.82, 2.24) is 5.32 Å². The minimum absolute atomic E-state index is 0.0274. The van der Waals surface area contributed by atoms with E-state index >= 15 is 0 Å². The molecule has 4 N–H and O–H groups in total. The summed E-state index contributed by atoms with van der Waals surface area (Å²) < 4.78 is 0. The van der Waals surface area contributed by atoms with Crippen molar-refractivity contribution >= 4 is 5.91 Å². The summed E-state index contributed by atoms with van der Waals surface area (Å²) in [6.45, 7) is 3.11. The Bertz CT molecular complexity index is 375. The van der Waals surface area contributed by atoms with Gasteiger partial charge in [-0.1, -0.05) is 6.07 Å². The molecule has 0 saturated carbocycles. The first-order valence-electron chi connectivity index (χ1n) is 4.83. The molecule has 0 saturated heterocycles. The van der Waals surface area contributed by atoms with Gasteiger partial charge in [-0.05, 0) is 26.0 Å². The van der Waals surface area contributed by atoms with Crippen molar-refractivity contribution in [2.75, 3.05) is 6.54 Å². The molecular formula is C11H15NO4. The number of phenols is 2. The molecule has 0 bridgehead atoms. The molecule has 0 heterocycles. The molecule has 0 radical (unpaired) electrons. The lowest BCUT2D eigenvalue weighted by Gasteiger charge is -2.18. The van der Waals surface area contributed by atoms with Crippen LogP contribution in [0.15, 0.2) is 18.2 Å². The fraction of sp³-hybridized carbons (Fsp3) is 0.364. The van der Waals surface area contributed by atoms with E-state index in [0.717, 1.165) is 0 Å². The number of carbonyl (C=O) groups excluding carboxylic acids is 1. The Labute approximate surface area is 93.4 Å². The van der Waals surface area contributed by atoms with Crippen LogP contribution in [-0.2, 0) is 0 Å². The van der Waals surface area contributed by atoms with Crippen molar-refractivity contribution in [3.05, 3.63) is 23.8 Å². The molecule has 0 unspecified atom stereocenters. The summed E-state index contributed by atoms with van der Waals surface area (Å²) in [6, 6.07) is 4.04. The molecule has 0 aromatic heterocycles. The zero-order chi connectivity index (χ0) is 12.3.